The zero-order valence-corrected chi connectivity index (χ0v) is 14.3. The summed E-state index contributed by atoms with van der Waals surface area (Å²) in [6.45, 7) is 0. The Balaban J connectivity index is 1.79. The minimum absolute atomic E-state index is 0.0252. The molecule has 0 fully saturated rings. The van der Waals surface area contributed by atoms with Crippen molar-refractivity contribution in [3.05, 3.63) is 53.2 Å². The molecule has 0 spiro atoms. The number of pyridine rings is 1. The van der Waals surface area contributed by atoms with E-state index in [1.807, 2.05) is 0 Å². The Kier molecular flexibility index (Phi) is 4.76. The fourth-order valence-electron chi connectivity index (χ4n) is 2.42. The number of nitrogens with one attached hydrogen (secondary N) is 1. The van der Waals surface area contributed by atoms with Crippen LogP contribution in [0.25, 0.3) is 5.65 Å². The minimum atomic E-state index is -0.376. The first kappa shape index (κ1) is 17.0. The first-order chi connectivity index (χ1) is 12.0. The van der Waals surface area contributed by atoms with Gasteiger partial charge < -0.3 is 19.2 Å². The van der Waals surface area contributed by atoms with Gasteiger partial charge >= 0.3 is 0 Å². The molecule has 0 unspecified atom stereocenters. The molecule has 25 heavy (non-hydrogen) atoms. The monoisotopic (exact) mass is 363 g/mol. The van der Waals surface area contributed by atoms with Crippen LogP contribution in [-0.2, 0) is 11.2 Å². The average Bonchev–Trinajstić information content (AvgIpc) is 2.97. The van der Waals surface area contributed by atoms with Gasteiger partial charge in [-0.15, -0.1) is 0 Å². The van der Waals surface area contributed by atoms with Crippen molar-refractivity contribution in [2.75, 3.05) is 19.5 Å². The molecule has 0 bridgehead atoms. The minimum Gasteiger partial charge on any atom is -0.495 e. The van der Waals surface area contributed by atoms with Crippen molar-refractivity contribution in [1.29, 1.82) is 0 Å². The summed E-state index contributed by atoms with van der Waals surface area (Å²) in [5.74, 6) is 0.155. The number of imidazole rings is 1. The molecule has 2 aromatic heterocycles. The predicted octanol–water partition coefficient (Wildman–Crippen LogP) is 3.33. The van der Waals surface area contributed by atoms with Crippen molar-refractivity contribution >= 4 is 28.8 Å². The number of ether oxygens (including phenoxy) is 2. The standard InChI is InChI=1S/C17H15ClFN3O3/c1-24-14-7-13(15(25-2)6-12(14)18)21-17(23)5-11-9-22-8-10(19)3-4-16(22)20-11/h3-4,6-9H,5H2,1-2H3,(H,21,23). The van der Waals surface area contributed by atoms with Crippen molar-refractivity contribution in [3.8, 4) is 11.5 Å². The number of benzene rings is 1. The first-order valence-corrected chi connectivity index (χ1v) is 7.72. The Hall–Kier alpha value is -2.80. The molecule has 1 N–H and O–H groups in total. The zero-order chi connectivity index (χ0) is 18.0. The summed E-state index contributed by atoms with van der Waals surface area (Å²) in [6.07, 6.45) is 2.94. The van der Waals surface area contributed by atoms with E-state index in [-0.39, 0.29) is 18.1 Å². The number of fused-ring (bicyclic) bond motifs is 1. The molecule has 0 radical (unpaired) electrons. The quantitative estimate of drug-likeness (QED) is 0.755. The lowest BCUT2D eigenvalue weighted by atomic mass is 10.2. The first-order valence-electron chi connectivity index (χ1n) is 7.34. The Morgan fingerprint density at radius 3 is 2.72 bits per heavy atom. The molecule has 3 aromatic rings. The topological polar surface area (TPSA) is 64.9 Å². The van der Waals surface area contributed by atoms with Gasteiger partial charge in [0, 0.05) is 24.5 Å². The van der Waals surface area contributed by atoms with E-state index in [0.717, 1.165) is 0 Å². The highest BCUT2D eigenvalue weighted by Gasteiger charge is 2.14. The van der Waals surface area contributed by atoms with Gasteiger partial charge in [-0.3, -0.25) is 4.79 Å². The van der Waals surface area contributed by atoms with Crippen LogP contribution in [-0.4, -0.2) is 29.5 Å². The number of halogens is 2. The molecule has 3 rings (SSSR count). The molecule has 2 heterocycles. The van der Waals surface area contributed by atoms with Gasteiger partial charge in [-0.05, 0) is 12.1 Å². The van der Waals surface area contributed by atoms with Crippen LogP contribution in [0.4, 0.5) is 10.1 Å². The van der Waals surface area contributed by atoms with Crippen LogP contribution in [0.2, 0.25) is 5.02 Å². The van der Waals surface area contributed by atoms with Crippen molar-refractivity contribution in [1.82, 2.24) is 9.38 Å². The number of methoxy groups -OCH3 is 2. The van der Waals surface area contributed by atoms with Crippen LogP contribution < -0.4 is 14.8 Å². The molecule has 0 saturated carbocycles. The lowest BCUT2D eigenvalue weighted by molar-refractivity contribution is -0.115. The number of anilines is 1. The Labute approximate surface area is 148 Å². The third kappa shape index (κ3) is 3.66. The molecule has 130 valence electrons. The molecular weight excluding hydrogens is 349 g/mol. The van der Waals surface area contributed by atoms with Crippen LogP contribution >= 0.6 is 11.6 Å². The summed E-state index contributed by atoms with van der Waals surface area (Å²) >= 11 is 6.04. The van der Waals surface area contributed by atoms with Crippen molar-refractivity contribution in [3.63, 3.8) is 0 Å². The summed E-state index contributed by atoms with van der Waals surface area (Å²) in [5, 5.41) is 3.12. The fourth-order valence-corrected chi connectivity index (χ4v) is 2.65. The van der Waals surface area contributed by atoms with Crippen molar-refractivity contribution < 1.29 is 18.7 Å². The summed E-state index contributed by atoms with van der Waals surface area (Å²) in [7, 11) is 2.96. The van der Waals surface area contributed by atoms with Gasteiger partial charge in [0.2, 0.25) is 5.91 Å². The summed E-state index contributed by atoms with van der Waals surface area (Å²) in [4.78, 5) is 16.6. The third-order valence-corrected chi connectivity index (χ3v) is 3.85. The van der Waals surface area contributed by atoms with Crippen LogP contribution in [0.3, 0.4) is 0 Å². The highest BCUT2D eigenvalue weighted by molar-refractivity contribution is 6.32. The van der Waals surface area contributed by atoms with Crippen molar-refractivity contribution in [2.24, 2.45) is 0 Å². The van der Waals surface area contributed by atoms with Gasteiger partial charge in [0.15, 0.2) is 0 Å². The van der Waals surface area contributed by atoms with E-state index in [9.17, 15) is 9.18 Å². The lowest BCUT2D eigenvalue weighted by Crippen LogP contribution is -2.15. The van der Waals surface area contributed by atoms with E-state index in [0.29, 0.717) is 33.6 Å². The fraction of sp³-hybridized carbons (Fsp3) is 0.176. The van der Waals surface area contributed by atoms with E-state index in [1.54, 1.807) is 24.4 Å². The second-order valence-electron chi connectivity index (χ2n) is 5.26. The Morgan fingerprint density at radius 1 is 1.24 bits per heavy atom. The predicted molar refractivity (Wildman–Crippen MR) is 92.0 cm³/mol. The molecule has 0 aliphatic rings. The maximum atomic E-state index is 13.2. The maximum Gasteiger partial charge on any atom is 0.230 e. The van der Waals surface area contributed by atoms with Crippen LogP contribution in [0.1, 0.15) is 5.69 Å². The second-order valence-corrected chi connectivity index (χ2v) is 5.66. The van der Waals surface area contributed by atoms with Gasteiger partial charge in [-0.1, -0.05) is 11.6 Å². The molecule has 0 aliphatic carbocycles. The average molecular weight is 364 g/mol. The molecule has 6 nitrogen and oxygen atoms in total. The number of nitrogens with zero attached hydrogens (tertiary/aromatic N) is 2. The molecule has 0 atom stereocenters. The normalized spacial score (nSPS) is 10.7. The number of amides is 1. The number of carbonyl (C=O) groups is 1. The number of aromatic nitrogens is 2. The molecule has 8 heteroatoms. The smallest absolute Gasteiger partial charge is 0.230 e. The van der Waals surface area contributed by atoms with E-state index in [4.69, 9.17) is 21.1 Å². The van der Waals surface area contributed by atoms with Gasteiger partial charge in [-0.25, -0.2) is 9.37 Å². The summed E-state index contributed by atoms with van der Waals surface area (Å²) in [6, 6.07) is 6.00. The van der Waals surface area contributed by atoms with Gasteiger partial charge in [-0.2, -0.15) is 0 Å². The SMILES string of the molecule is COc1cc(NC(=O)Cc2cn3cc(F)ccc3n2)c(OC)cc1Cl. The highest BCUT2D eigenvalue weighted by atomic mass is 35.5. The van der Waals surface area contributed by atoms with Crippen LogP contribution in [0.15, 0.2) is 36.7 Å². The Morgan fingerprint density at radius 2 is 2.00 bits per heavy atom. The van der Waals surface area contributed by atoms with Crippen LogP contribution in [0.5, 0.6) is 11.5 Å². The molecule has 1 amide bonds. The van der Waals surface area contributed by atoms with Gasteiger partial charge in [0.25, 0.3) is 0 Å². The maximum absolute atomic E-state index is 13.2. The third-order valence-electron chi connectivity index (χ3n) is 3.55. The number of rotatable bonds is 5. The molecule has 0 aliphatic heterocycles. The van der Waals surface area contributed by atoms with E-state index in [2.05, 4.69) is 10.3 Å². The van der Waals surface area contributed by atoms with Crippen LogP contribution in [0, 0.1) is 5.82 Å². The lowest BCUT2D eigenvalue weighted by Gasteiger charge is -2.12. The summed E-state index contributed by atoms with van der Waals surface area (Å²) in [5.41, 5.74) is 1.52. The summed E-state index contributed by atoms with van der Waals surface area (Å²) < 4.78 is 25.1. The van der Waals surface area contributed by atoms with E-state index < -0.39 is 0 Å². The molecular formula is C17H15ClFN3O3. The number of hydrogen-bond acceptors (Lipinski definition) is 4. The Bertz CT molecular complexity index is 942. The number of hydrogen-bond donors (Lipinski definition) is 1. The molecule has 1 aromatic carbocycles. The van der Waals surface area contributed by atoms with Gasteiger partial charge in [0.05, 0.1) is 37.0 Å². The van der Waals surface area contributed by atoms with E-state index >= 15 is 0 Å². The second kappa shape index (κ2) is 6.98. The molecule has 0 saturated heterocycles. The van der Waals surface area contributed by atoms with Gasteiger partial charge in [0.1, 0.15) is 23.0 Å². The number of carbonyl (C=O) groups excluding carboxylic acids is 1. The zero-order valence-electron chi connectivity index (χ0n) is 13.5. The largest absolute Gasteiger partial charge is 0.495 e. The van der Waals surface area contributed by atoms with Crippen molar-refractivity contribution in [2.45, 2.75) is 6.42 Å². The highest BCUT2D eigenvalue weighted by Crippen LogP contribution is 2.35. The van der Waals surface area contributed by atoms with E-state index in [1.165, 1.54) is 30.9 Å².